The molecule has 3 rings (SSSR count). The van der Waals surface area contributed by atoms with E-state index in [-0.39, 0.29) is 5.56 Å². The molecular weight excluding hydrogens is 365 g/mol. The number of benzene rings is 1. The van der Waals surface area contributed by atoms with Crippen LogP contribution in [0, 0.1) is 3.57 Å². The highest BCUT2D eigenvalue weighted by atomic mass is 127. The monoisotopic (exact) mass is 377 g/mol. The van der Waals surface area contributed by atoms with Crippen LogP contribution in [0.1, 0.15) is 5.56 Å². The van der Waals surface area contributed by atoms with E-state index < -0.39 is 0 Å². The SMILES string of the molecule is O=c1c2cc(I)ccc2ncn1CCc1ccncc1. The largest absolute Gasteiger partial charge is 0.298 e. The van der Waals surface area contributed by atoms with Gasteiger partial charge in [0.25, 0.3) is 5.56 Å². The first-order valence-electron chi connectivity index (χ1n) is 6.27. The van der Waals surface area contributed by atoms with Gasteiger partial charge in [-0.25, -0.2) is 4.98 Å². The highest BCUT2D eigenvalue weighted by Gasteiger charge is 2.04. The zero-order valence-corrected chi connectivity index (χ0v) is 12.8. The third-order valence-corrected chi connectivity index (χ3v) is 3.85. The van der Waals surface area contributed by atoms with E-state index in [1.807, 2.05) is 30.3 Å². The normalized spacial score (nSPS) is 10.8. The number of nitrogens with zero attached hydrogens (tertiary/aromatic N) is 3. The molecule has 20 heavy (non-hydrogen) atoms. The molecule has 0 aliphatic carbocycles. The van der Waals surface area contributed by atoms with Gasteiger partial charge in [0, 0.05) is 22.5 Å². The van der Waals surface area contributed by atoms with Crippen LogP contribution in [0.2, 0.25) is 0 Å². The molecule has 0 saturated heterocycles. The summed E-state index contributed by atoms with van der Waals surface area (Å²) in [6.45, 7) is 0.622. The van der Waals surface area contributed by atoms with Crippen LogP contribution in [-0.4, -0.2) is 14.5 Å². The lowest BCUT2D eigenvalue weighted by atomic mass is 10.2. The van der Waals surface area contributed by atoms with Gasteiger partial charge in [-0.2, -0.15) is 0 Å². The van der Waals surface area contributed by atoms with Gasteiger partial charge in [0.15, 0.2) is 0 Å². The van der Waals surface area contributed by atoms with Crippen LogP contribution in [0.4, 0.5) is 0 Å². The zero-order valence-electron chi connectivity index (χ0n) is 10.7. The fourth-order valence-corrected chi connectivity index (χ4v) is 2.58. The Hall–Kier alpha value is -1.76. The maximum Gasteiger partial charge on any atom is 0.261 e. The number of hydrogen-bond acceptors (Lipinski definition) is 3. The fraction of sp³-hybridized carbons (Fsp3) is 0.133. The number of pyridine rings is 1. The van der Waals surface area contributed by atoms with Crippen molar-refractivity contribution in [2.75, 3.05) is 0 Å². The summed E-state index contributed by atoms with van der Waals surface area (Å²) in [5.74, 6) is 0. The van der Waals surface area contributed by atoms with Gasteiger partial charge in [-0.3, -0.25) is 14.3 Å². The second-order valence-electron chi connectivity index (χ2n) is 4.51. The van der Waals surface area contributed by atoms with Crippen LogP contribution in [0.15, 0.2) is 53.8 Å². The summed E-state index contributed by atoms with van der Waals surface area (Å²) in [5, 5.41) is 0.675. The topological polar surface area (TPSA) is 47.8 Å². The summed E-state index contributed by atoms with van der Waals surface area (Å²) in [6.07, 6.45) is 5.94. The molecule has 0 aliphatic heterocycles. The molecule has 0 N–H and O–H groups in total. The molecule has 2 heterocycles. The summed E-state index contributed by atoms with van der Waals surface area (Å²) in [4.78, 5) is 20.7. The quantitative estimate of drug-likeness (QED) is 0.660. The van der Waals surface area contributed by atoms with Crippen molar-refractivity contribution in [1.82, 2.24) is 14.5 Å². The number of aryl methyl sites for hydroxylation is 2. The molecular formula is C15H12IN3O. The second-order valence-corrected chi connectivity index (χ2v) is 5.76. The van der Waals surface area contributed by atoms with Crippen molar-refractivity contribution >= 4 is 33.5 Å². The van der Waals surface area contributed by atoms with Crippen molar-refractivity contribution in [3.63, 3.8) is 0 Å². The standard InChI is InChI=1S/C15H12IN3O/c16-12-1-2-14-13(9-12)15(20)19(10-18-14)8-5-11-3-6-17-7-4-11/h1-4,6-7,9-10H,5,8H2. The van der Waals surface area contributed by atoms with Crippen molar-refractivity contribution in [2.45, 2.75) is 13.0 Å². The number of fused-ring (bicyclic) bond motifs is 1. The summed E-state index contributed by atoms with van der Waals surface area (Å²) in [7, 11) is 0. The van der Waals surface area contributed by atoms with Crippen molar-refractivity contribution in [2.24, 2.45) is 0 Å². The molecule has 1 aromatic carbocycles. The first kappa shape index (κ1) is 13.2. The van der Waals surface area contributed by atoms with E-state index in [9.17, 15) is 4.79 Å². The molecule has 0 bridgehead atoms. The molecule has 5 heteroatoms. The van der Waals surface area contributed by atoms with Gasteiger partial charge < -0.3 is 0 Å². The van der Waals surface area contributed by atoms with Gasteiger partial charge >= 0.3 is 0 Å². The first-order chi connectivity index (χ1) is 9.74. The van der Waals surface area contributed by atoms with E-state index in [2.05, 4.69) is 32.6 Å². The van der Waals surface area contributed by atoms with E-state index in [4.69, 9.17) is 0 Å². The minimum Gasteiger partial charge on any atom is -0.298 e. The summed E-state index contributed by atoms with van der Waals surface area (Å²) in [6, 6.07) is 9.64. The molecule has 4 nitrogen and oxygen atoms in total. The van der Waals surface area contributed by atoms with Crippen molar-refractivity contribution in [1.29, 1.82) is 0 Å². The van der Waals surface area contributed by atoms with E-state index in [1.54, 1.807) is 23.3 Å². The predicted molar refractivity (Wildman–Crippen MR) is 86.7 cm³/mol. The maximum absolute atomic E-state index is 12.4. The number of hydrogen-bond donors (Lipinski definition) is 0. The second kappa shape index (κ2) is 5.70. The van der Waals surface area contributed by atoms with Crippen LogP contribution in [0.3, 0.4) is 0 Å². The third kappa shape index (κ3) is 2.72. The van der Waals surface area contributed by atoms with Gasteiger partial charge in [-0.05, 0) is 64.9 Å². The van der Waals surface area contributed by atoms with E-state index in [0.717, 1.165) is 21.1 Å². The summed E-state index contributed by atoms with van der Waals surface area (Å²) >= 11 is 2.20. The number of rotatable bonds is 3. The zero-order chi connectivity index (χ0) is 13.9. The van der Waals surface area contributed by atoms with Gasteiger partial charge in [0.1, 0.15) is 0 Å². The van der Waals surface area contributed by atoms with Gasteiger partial charge in [0.05, 0.1) is 17.2 Å². The Labute approximate surface area is 129 Å². The molecule has 0 atom stereocenters. The van der Waals surface area contributed by atoms with E-state index in [0.29, 0.717) is 11.9 Å². The predicted octanol–water partition coefficient (Wildman–Crippen LogP) is 2.64. The third-order valence-electron chi connectivity index (χ3n) is 3.18. The molecule has 3 aromatic rings. The van der Waals surface area contributed by atoms with E-state index in [1.165, 1.54) is 0 Å². The molecule has 0 radical (unpaired) electrons. The fourth-order valence-electron chi connectivity index (χ4n) is 2.09. The smallest absolute Gasteiger partial charge is 0.261 e. The Morgan fingerprint density at radius 1 is 1.15 bits per heavy atom. The highest BCUT2D eigenvalue weighted by molar-refractivity contribution is 14.1. The lowest BCUT2D eigenvalue weighted by Crippen LogP contribution is -2.21. The van der Waals surface area contributed by atoms with Crippen LogP contribution < -0.4 is 5.56 Å². The first-order valence-corrected chi connectivity index (χ1v) is 7.35. The minimum absolute atomic E-state index is 0.0163. The van der Waals surface area contributed by atoms with Crippen molar-refractivity contribution < 1.29 is 0 Å². The molecule has 0 aliphatic rings. The number of halogens is 1. The van der Waals surface area contributed by atoms with Gasteiger partial charge in [-0.15, -0.1) is 0 Å². The summed E-state index contributed by atoms with van der Waals surface area (Å²) < 4.78 is 2.71. The van der Waals surface area contributed by atoms with Crippen LogP contribution in [0.25, 0.3) is 10.9 Å². The van der Waals surface area contributed by atoms with Crippen molar-refractivity contribution in [3.05, 3.63) is 68.5 Å². The molecule has 2 aromatic heterocycles. The Morgan fingerprint density at radius 2 is 1.95 bits per heavy atom. The van der Waals surface area contributed by atoms with Gasteiger partial charge in [0.2, 0.25) is 0 Å². The molecule has 0 amide bonds. The van der Waals surface area contributed by atoms with Crippen LogP contribution >= 0.6 is 22.6 Å². The van der Waals surface area contributed by atoms with Crippen LogP contribution in [-0.2, 0) is 13.0 Å². The Bertz CT molecular complexity index is 799. The summed E-state index contributed by atoms with van der Waals surface area (Å²) in [5.41, 5.74) is 1.92. The average Bonchev–Trinajstić information content (AvgIpc) is 2.48. The highest BCUT2D eigenvalue weighted by Crippen LogP contribution is 2.11. The molecule has 0 fully saturated rings. The lowest BCUT2D eigenvalue weighted by Gasteiger charge is -2.06. The van der Waals surface area contributed by atoms with E-state index >= 15 is 0 Å². The molecule has 0 spiro atoms. The Morgan fingerprint density at radius 3 is 2.75 bits per heavy atom. The Kier molecular flexibility index (Phi) is 3.77. The molecule has 0 saturated carbocycles. The van der Waals surface area contributed by atoms with Crippen LogP contribution in [0.5, 0.6) is 0 Å². The number of aromatic nitrogens is 3. The Balaban J connectivity index is 1.92. The minimum atomic E-state index is 0.0163. The van der Waals surface area contributed by atoms with Gasteiger partial charge in [-0.1, -0.05) is 0 Å². The maximum atomic E-state index is 12.4. The average molecular weight is 377 g/mol. The van der Waals surface area contributed by atoms with Crippen molar-refractivity contribution in [3.8, 4) is 0 Å². The molecule has 0 unspecified atom stereocenters. The molecule has 100 valence electrons. The lowest BCUT2D eigenvalue weighted by molar-refractivity contribution is 0.662.